The van der Waals surface area contributed by atoms with Crippen LogP contribution < -0.4 is 16.8 Å². The maximum Gasteiger partial charge on any atom is 0.296 e. The van der Waals surface area contributed by atoms with E-state index in [9.17, 15) is 53.0 Å². The van der Waals surface area contributed by atoms with E-state index in [0.29, 0.717) is 85.5 Å². The fourth-order valence-corrected chi connectivity index (χ4v) is 8.67. The van der Waals surface area contributed by atoms with Gasteiger partial charge in [0.05, 0.1) is 46.2 Å². The molecule has 6 aromatic rings. The van der Waals surface area contributed by atoms with Crippen molar-refractivity contribution in [1.29, 1.82) is 0 Å². The molecule has 404 valence electrons. The summed E-state index contributed by atoms with van der Waals surface area (Å²) in [5.41, 5.74) is 17.0. The third kappa shape index (κ3) is 17.3. The molecule has 76 heavy (non-hydrogen) atoms. The predicted molar refractivity (Wildman–Crippen MR) is 288 cm³/mol. The Morgan fingerprint density at radius 1 is 0.605 bits per heavy atom. The third-order valence-corrected chi connectivity index (χ3v) is 13.8. The maximum absolute atomic E-state index is 12.1. The fourth-order valence-electron chi connectivity index (χ4n) is 6.26. The molecule has 0 saturated carbocycles. The molecule has 0 saturated heterocycles. The number of azo groups is 3. The fraction of sp³-hybridized carbons (Fsp3) is 0.167. The number of nitrogen functional groups attached to an aromatic ring is 2. The number of nitrogens with two attached hydrogens (primary N) is 2. The van der Waals surface area contributed by atoms with Crippen LogP contribution in [0.5, 0.6) is 11.5 Å². The highest BCUT2D eigenvalue weighted by atomic mass is 32.2. The average Bonchev–Trinajstić information content (AvgIpc) is 3.31. The molecule has 6 aromatic carbocycles. The van der Waals surface area contributed by atoms with Crippen LogP contribution in [0.4, 0.5) is 51.2 Å². The van der Waals surface area contributed by atoms with Gasteiger partial charge in [-0.2, -0.15) is 54.1 Å². The van der Waals surface area contributed by atoms with Gasteiger partial charge >= 0.3 is 0 Å². The van der Waals surface area contributed by atoms with Crippen molar-refractivity contribution >= 4 is 102 Å². The quantitative estimate of drug-likeness (QED) is 0.0109. The van der Waals surface area contributed by atoms with Gasteiger partial charge in [0.2, 0.25) is 0 Å². The number of hydrogen-bond donors (Lipinski definition) is 9. The van der Waals surface area contributed by atoms with Gasteiger partial charge in [0, 0.05) is 28.5 Å². The molecule has 0 unspecified atom stereocenters. The monoisotopic (exact) mass is 1120 g/mol. The van der Waals surface area contributed by atoms with Crippen molar-refractivity contribution in [2.24, 2.45) is 30.7 Å². The summed E-state index contributed by atoms with van der Waals surface area (Å²) in [5.74, 6) is -0.243. The predicted octanol–water partition coefficient (Wildman–Crippen LogP) is 11.2. The smallest absolute Gasteiger partial charge is 0.296 e. The van der Waals surface area contributed by atoms with Crippen LogP contribution in [0.15, 0.2) is 167 Å². The highest BCUT2D eigenvalue weighted by molar-refractivity contribution is 7.87. The molecular formula is C48H53N9O15S4. The number of aryl methyl sites for hydroxylation is 4. The number of anilines is 3. The number of aromatic hydroxyl groups is 2. The lowest BCUT2D eigenvalue weighted by Crippen LogP contribution is -2.03. The molecule has 0 bridgehead atoms. The van der Waals surface area contributed by atoms with Crippen molar-refractivity contribution in [3.8, 4) is 11.5 Å². The molecule has 0 aliphatic rings. The molecule has 0 heterocycles. The highest BCUT2D eigenvalue weighted by Crippen LogP contribution is 2.43. The molecule has 0 radical (unpaired) electrons. The number of rotatable bonds is 16. The first-order valence-electron chi connectivity index (χ1n) is 21.7. The van der Waals surface area contributed by atoms with Crippen molar-refractivity contribution in [2.75, 3.05) is 29.6 Å². The van der Waals surface area contributed by atoms with Crippen LogP contribution >= 0.6 is 0 Å². The van der Waals surface area contributed by atoms with E-state index in [1.165, 1.54) is 25.3 Å². The van der Waals surface area contributed by atoms with Crippen molar-refractivity contribution < 1.29 is 66.8 Å². The zero-order valence-corrected chi connectivity index (χ0v) is 44.7. The molecule has 0 aliphatic heterocycles. The Hall–Kier alpha value is -7.96. The van der Waals surface area contributed by atoms with E-state index in [0.717, 1.165) is 17.7 Å². The SMILES string of the molecule is C=C(/C=C\C(=C)OC)Nc1ccc2c(O)c(N=Nc3cc(C)c(N)cc3C)c(S(=O)(=O)O)cc2c1.CCCS(=O)(=O)O.Cc1cc(N=Nc2ccc(S(=O)(=O)O)cc2S(=O)(=O)O)c(C)cc1N=Nc1ccc(N)c(O)c1. The lowest BCUT2D eigenvalue weighted by molar-refractivity contribution is 0.309. The Kier molecular flexibility index (Phi) is 20.0. The summed E-state index contributed by atoms with van der Waals surface area (Å²) in [5, 5.41) is 48.4. The van der Waals surface area contributed by atoms with Gasteiger partial charge in [-0.3, -0.25) is 18.2 Å². The van der Waals surface area contributed by atoms with Gasteiger partial charge in [0.15, 0.2) is 5.75 Å². The normalized spacial score (nSPS) is 12.2. The number of phenols is 2. The largest absolute Gasteiger partial charge is 0.506 e. The Bertz CT molecular complexity index is 3830. The molecule has 0 amide bonds. The zero-order valence-electron chi connectivity index (χ0n) is 41.4. The van der Waals surface area contributed by atoms with Crippen LogP contribution in [0.25, 0.3) is 10.8 Å². The first-order chi connectivity index (χ1) is 35.2. The average molecular weight is 1120 g/mol. The Labute approximate surface area is 438 Å². The molecule has 28 heteroatoms. The van der Waals surface area contributed by atoms with Crippen LogP contribution in [-0.4, -0.2) is 75.0 Å². The number of nitrogens with one attached hydrogen (secondary N) is 1. The molecule has 6 rings (SSSR count). The molecule has 0 atom stereocenters. The summed E-state index contributed by atoms with van der Waals surface area (Å²) >= 11 is 0. The summed E-state index contributed by atoms with van der Waals surface area (Å²) < 4.78 is 131. The molecular weight excluding hydrogens is 1070 g/mol. The summed E-state index contributed by atoms with van der Waals surface area (Å²) in [6.45, 7) is 16.3. The minimum absolute atomic E-state index is 0.117. The highest BCUT2D eigenvalue weighted by Gasteiger charge is 2.23. The second-order valence-corrected chi connectivity index (χ2v) is 22.0. The molecule has 0 fully saturated rings. The van der Waals surface area contributed by atoms with E-state index in [-0.39, 0.29) is 28.6 Å². The molecule has 0 aliphatic carbocycles. The van der Waals surface area contributed by atoms with Gasteiger partial charge in [-0.1, -0.05) is 20.1 Å². The van der Waals surface area contributed by atoms with E-state index in [1.807, 2.05) is 0 Å². The van der Waals surface area contributed by atoms with Gasteiger partial charge in [-0.25, -0.2) is 0 Å². The molecule has 0 spiro atoms. The number of allylic oxidation sites excluding steroid dienone is 2. The van der Waals surface area contributed by atoms with Gasteiger partial charge in [-0.15, -0.1) is 10.2 Å². The summed E-state index contributed by atoms with van der Waals surface area (Å²) in [6, 6.07) is 19.7. The van der Waals surface area contributed by atoms with Gasteiger partial charge in [0.25, 0.3) is 40.5 Å². The standard InChI is InChI=1S/C25H26N4O5S.C20H19N5O7S2.C3H8O3S/c1-14-11-22(15(2)10-21(14)26)28-29-24-23(35(31,32)33)13-18-12-19(8-9-20(18)25(24)30)27-16(3)6-7-17(4)34-5;1-11-8-18(12(2)7-17(11)24-22-13-3-5-15(21)19(26)9-13)25-23-16-6-4-14(33(27,28)29)10-20(16)34(30,31)32;1-2-3-7(4,5)6/h6-13,27,30H,3-4,26H2,1-2,5H3,(H,31,32,33);3-10,26H,21H2,1-2H3,(H,27,28,29)(H,30,31,32);2-3H2,1H3,(H,4,5,6)/b7-6-,29-28?;;. The molecule has 24 nitrogen and oxygen atoms in total. The second-order valence-electron chi connectivity index (χ2n) is 16.3. The van der Waals surface area contributed by atoms with Crippen molar-refractivity contribution in [1.82, 2.24) is 0 Å². The minimum atomic E-state index is -4.87. The van der Waals surface area contributed by atoms with E-state index in [1.54, 1.807) is 95.3 Å². The van der Waals surface area contributed by atoms with Crippen LogP contribution in [0.2, 0.25) is 0 Å². The van der Waals surface area contributed by atoms with Gasteiger partial charge in [-0.05, 0) is 153 Å². The number of hydrogen-bond acceptors (Lipinski definition) is 20. The maximum atomic E-state index is 12.1. The number of fused-ring (bicyclic) bond motifs is 1. The Morgan fingerprint density at radius 2 is 1.16 bits per heavy atom. The second kappa shape index (κ2) is 25.0. The van der Waals surface area contributed by atoms with Crippen LogP contribution in [0.1, 0.15) is 35.6 Å². The van der Waals surface area contributed by atoms with Crippen LogP contribution in [-0.2, 0) is 45.2 Å². The first-order valence-corrected chi connectivity index (χ1v) is 27.6. The van der Waals surface area contributed by atoms with E-state index < -0.39 is 60.9 Å². The third-order valence-electron chi connectivity index (χ3n) is 10.2. The summed E-state index contributed by atoms with van der Waals surface area (Å²) in [6.07, 6.45) is 3.75. The number of ether oxygens (including phenoxy) is 1. The minimum Gasteiger partial charge on any atom is -0.506 e. The van der Waals surface area contributed by atoms with Crippen molar-refractivity contribution in [2.45, 2.75) is 55.7 Å². The van der Waals surface area contributed by atoms with E-state index >= 15 is 0 Å². The first kappa shape index (κ1) is 60.6. The lowest BCUT2D eigenvalue weighted by Gasteiger charge is -2.12. The zero-order chi connectivity index (χ0) is 57.1. The Balaban J connectivity index is 0.000000292. The van der Waals surface area contributed by atoms with Crippen LogP contribution in [0, 0.1) is 27.7 Å². The molecule has 0 aromatic heterocycles. The van der Waals surface area contributed by atoms with Crippen molar-refractivity contribution in [3.05, 3.63) is 144 Å². The number of methoxy groups -OCH3 is 1. The van der Waals surface area contributed by atoms with Gasteiger partial charge < -0.3 is 31.7 Å². The topological polar surface area (TPSA) is 405 Å². The van der Waals surface area contributed by atoms with Gasteiger partial charge in [0.1, 0.15) is 32.7 Å². The van der Waals surface area contributed by atoms with Crippen molar-refractivity contribution in [3.63, 3.8) is 0 Å². The lowest BCUT2D eigenvalue weighted by atomic mass is 10.1. The number of phenolic OH excluding ortho intramolecular Hbond substituents is 2. The summed E-state index contributed by atoms with van der Waals surface area (Å²) in [7, 11) is -16.5. The Morgan fingerprint density at radius 3 is 1.68 bits per heavy atom. The summed E-state index contributed by atoms with van der Waals surface area (Å²) in [4.78, 5) is -2.14. The number of nitrogens with zero attached hydrogens (tertiary/aromatic N) is 6. The van der Waals surface area contributed by atoms with Crippen LogP contribution in [0.3, 0.4) is 0 Å². The van der Waals surface area contributed by atoms with E-state index in [4.69, 9.17) is 25.3 Å². The number of benzene rings is 6. The molecule has 11 N–H and O–H groups in total. The van der Waals surface area contributed by atoms with E-state index in [2.05, 4.69) is 49.2 Å².